The summed E-state index contributed by atoms with van der Waals surface area (Å²) in [6.45, 7) is 15.3. The van der Waals surface area contributed by atoms with Crippen molar-refractivity contribution >= 4 is 28.4 Å². The minimum Gasteiger partial charge on any atom is -0.374 e. The van der Waals surface area contributed by atoms with Crippen molar-refractivity contribution in [2.24, 2.45) is 0 Å². The number of hydrogen-bond donors (Lipinski definition) is 2. The molecule has 0 fully saturated rings. The summed E-state index contributed by atoms with van der Waals surface area (Å²) in [4.78, 5) is 17.7. The lowest BCUT2D eigenvalue weighted by molar-refractivity contribution is -0.000650. The van der Waals surface area contributed by atoms with Gasteiger partial charge in [-0.25, -0.2) is 4.98 Å². The molecule has 1 aromatic carbocycles. The second kappa shape index (κ2) is 8.71. The Hall–Kier alpha value is -2.86. The van der Waals surface area contributed by atoms with Gasteiger partial charge in [-0.1, -0.05) is 17.7 Å². The molecule has 2 aromatic heterocycles. The van der Waals surface area contributed by atoms with Gasteiger partial charge in [-0.3, -0.25) is 4.79 Å². The molecular formula is C25H34N4O2. The number of amides is 1. The minimum atomic E-state index is -0.224. The van der Waals surface area contributed by atoms with Crippen LogP contribution in [0.3, 0.4) is 0 Å². The molecule has 0 saturated heterocycles. The Kier molecular flexibility index (Phi) is 6.41. The number of benzene rings is 1. The Bertz CT molecular complexity index is 1050. The molecule has 0 unspecified atom stereocenters. The van der Waals surface area contributed by atoms with Gasteiger partial charge in [0, 0.05) is 29.4 Å². The van der Waals surface area contributed by atoms with Gasteiger partial charge >= 0.3 is 0 Å². The van der Waals surface area contributed by atoms with Gasteiger partial charge < -0.3 is 19.9 Å². The zero-order chi connectivity index (χ0) is 22.8. The maximum atomic E-state index is 12.9. The van der Waals surface area contributed by atoms with Crippen LogP contribution in [-0.2, 0) is 10.3 Å². The van der Waals surface area contributed by atoms with Gasteiger partial charge in [0.15, 0.2) is 0 Å². The van der Waals surface area contributed by atoms with Crippen molar-refractivity contribution in [1.82, 2.24) is 14.9 Å². The summed E-state index contributed by atoms with van der Waals surface area (Å²) < 4.78 is 7.76. The molecule has 1 amide bonds. The lowest BCUT2D eigenvalue weighted by Gasteiger charge is -2.22. The van der Waals surface area contributed by atoms with Crippen molar-refractivity contribution < 1.29 is 9.53 Å². The number of rotatable bonds is 6. The van der Waals surface area contributed by atoms with Gasteiger partial charge in [-0.2, -0.15) is 0 Å². The number of nitrogens with zero attached hydrogens (tertiary/aromatic N) is 2. The topological polar surface area (TPSA) is 68.2 Å². The fourth-order valence-corrected chi connectivity index (χ4v) is 3.27. The van der Waals surface area contributed by atoms with Crippen molar-refractivity contribution in [3.8, 4) is 0 Å². The summed E-state index contributed by atoms with van der Waals surface area (Å²) in [7, 11) is 0. The zero-order valence-electron chi connectivity index (χ0n) is 19.7. The Morgan fingerprint density at radius 1 is 1.03 bits per heavy atom. The molecule has 6 heteroatoms. The first kappa shape index (κ1) is 22.8. The van der Waals surface area contributed by atoms with E-state index in [0.717, 1.165) is 22.5 Å². The van der Waals surface area contributed by atoms with Crippen molar-refractivity contribution in [2.75, 3.05) is 18.5 Å². The predicted molar refractivity (Wildman–Crippen MR) is 127 cm³/mol. The lowest BCUT2D eigenvalue weighted by atomic mass is 10.1. The van der Waals surface area contributed by atoms with Gasteiger partial charge in [0.2, 0.25) is 0 Å². The standard InChI is InChI=1S/C25H34N4O2/c1-17-8-10-18(11-9-17)27-21-13-12-19-20(16-29(22(19)28-21)24(2,3)4)23(30)26-14-15-31-25(5,6)7/h8-13,16H,14-15H2,1-7H3,(H,26,30)(H,27,28). The van der Waals surface area contributed by atoms with Crippen LogP contribution in [0.1, 0.15) is 57.5 Å². The third kappa shape index (κ3) is 5.85. The molecule has 0 aliphatic heterocycles. The first-order valence-electron chi connectivity index (χ1n) is 10.7. The van der Waals surface area contributed by atoms with Crippen LogP contribution in [0.25, 0.3) is 11.0 Å². The van der Waals surface area contributed by atoms with E-state index >= 15 is 0 Å². The molecule has 3 rings (SSSR count). The number of anilines is 2. The van der Waals surface area contributed by atoms with E-state index in [1.165, 1.54) is 5.56 Å². The molecule has 0 atom stereocenters. The van der Waals surface area contributed by atoms with Crippen LogP contribution in [0, 0.1) is 6.92 Å². The van der Waals surface area contributed by atoms with E-state index in [-0.39, 0.29) is 17.0 Å². The molecule has 0 bridgehead atoms. The highest BCUT2D eigenvalue weighted by atomic mass is 16.5. The summed E-state index contributed by atoms with van der Waals surface area (Å²) in [5.41, 5.74) is 3.14. The van der Waals surface area contributed by atoms with Crippen LogP contribution >= 0.6 is 0 Å². The maximum absolute atomic E-state index is 12.9. The Balaban J connectivity index is 1.87. The Morgan fingerprint density at radius 3 is 2.32 bits per heavy atom. The summed E-state index contributed by atoms with van der Waals surface area (Å²) >= 11 is 0. The number of nitrogens with one attached hydrogen (secondary N) is 2. The first-order chi connectivity index (χ1) is 14.4. The number of aryl methyl sites for hydroxylation is 1. The normalized spacial score (nSPS) is 12.2. The largest absolute Gasteiger partial charge is 0.374 e. The number of carbonyl (C=O) groups excluding carboxylic acids is 1. The van der Waals surface area contributed by atoms with E-state index in [9.17, 15) is 4.79 Å². The minimum absolute atomic E-state index is 0.119. The monoisotopic (exact) mass is 422 g/mol. The van der Waals surface area contributed by atoms with Crippen molar-refractivity contribution in [2.45, 2.75) is 59.6 Å². The predicted octanol–water partition coefficient (Wildman–Crippen LogP) is 5.39. The quantitative estimate of drug-likeness (QED) is 0.523. The number of hydrogen-bond acceptors (Lipinski definition) is 4. The summed E-state index contributed by atoms with van der Waals surface area (Å²) in [6, 6.07) is 12.1. The van der Waals surface area contributed by atoms with Gasteiger partial charge in [-0.05, 0) is 72.7 Å². The fourth-order valence-electron chi connectivity index (χ4n) is 3.27. The van der Waals surface area contributed by atoms with E-state index in [4.69, 9.17) is 9.72 Å². The summed E-state index contributed by atoms with van der Waals surface area (Å²) in [5.74, 6) is 0.622. The van der Waals surface area contributed by atoms with Gasteiger partial charge in [0.05, 0.1) is 17.8 Å². The fraction of sp³-hybridized carbons (Fsp3) is 0.440. The van der Waals surface area contributed by atoms with Crippen molar-refractivity contribution in [3.63, 3.8) is 0 Å². The van der Waals surface area contributed by atoms with E-state index in [1.54, 1.807) is 0 Å². The van der Waals surface area contributed by atoms with Crippen LogP contribution in [0.5, 0.6) is 0 Å². The number of ether oxygens (including phenoxy) is 1. The van der Waals surface area contributed by atoms with E-state index in [0.29, 0.717) is 18.7 Å². The molecule has 0 aliphatic carbocycles. The molecule has 31 heavy (non-hydrogen) atoms. The smallest absolute Gasteiger partial charge is 0.253 e. The van der Waals surface area contributed by atoms with Crippen LogP contribution in [0.2, 0.25) is 0 Å². The number of aromatic nitrogens is 2. The highest BCUT2D eigenvalue weighted by Crippen LogP contribution is 2.28. The van der Waals surface area contributed by atoms with Gasteiger partial charge in [0.25, 0.3) is 5.91 Å². The molecular weight excluding hydrogens is 388 g/mol. The zero-order valence-corrected chi connectivity index (χ0v) is 19.7. The van der Waals surface area contributed by atoms with Crippen LogP contribution in [-0.4, -0.2) is 34.2 Å². The number of pyridine rings is 1. The summed E-state index contributed by atoms with van der Waals surface area (Å²) in [5, 5.41) is 7.15. The molecule has 3 aromatic rings. The van der Waals surface area contributed by atoms with Crippen molar-refractivity contribution in [3.05, 3.63) is 53.7 Å². The Labute approximate surface area is 185 Å². The maximum Gasteiger partial charge on any atom is 0.253 e. The average molecular weight is 423 g/mol. The second-order valence-corrected chi connectivity index (χ2v) is 9.86. The Morgan fingerprint density at radius 2 is 1.71 bits per heavy atom. The molecule has 2 heterocycles. The molecule has 2 N–H and O–H groups in total. The molecule has 0 aliphatic rings. The van der Waals surface area contributed by atoms with Crippen molar-refractivity contribution in [1.29, 1.82) is 0 Å². The van der Waals surface area contributed by atoms with E-state index in [1.807, 2.05) is 51.2 Å². The van der Waals surface area contributed by atoms with E-state index < -0.39 is 0 Å². The third-order valence-corrected chi connectivity index (χ3v) is 4.87. The number of carbonyl (C=O) groups is 1. The average Bonchev–Trinajstić information content (AvgIpc) is 3.05. The SMILES string of the molecule is Cc1ccc(Nc2ccc3c(C(=O)NCCOC(C)(C)C)cn(C(C)(C)C)c3n2)cc1. The molecule has 0 saturated carbocycles. The van der Waals surface area contributed by atoms with Crippen LogP contribution in [0.4, 0.5) is 11.5 Å². The van der Waals surface area contributed by atoms with Crippen LogP contribution in [0.15, 0.2) is 42.6 Å². The summed E-state index contributed by atoms with van der Waals surface area (Å²) in [6.07, 6.45) is 1.90. The third-order valence-electron chi connectivity index (χ3n) is 4.87. The highest BCUT2D eigenvalue weighted by Gasteiger charge is 2.23. The van der Waals surface area contributed by atoms with Gasteiger partial charge in [0.1, 0.15) is 11.5 Å². The second-order valence-electron chi connectivity index (χ2n) is 9.86. The van der Waals surface area contributed by atoms with Gasteiger partial charge in [-0.15, -0.1) is 0 Å². The molecule has 0 radical (unpaired) electrons. The van der Waals surface area contributed by atoms with Crippen LogP contribution < -0.4 is 10.6 Å². The lowest BCUT2D eigenvalue weighted by Crippen LogP contribution is -2.30. The van der Waals surface area contributed by atoms with E-state index in [2.05, 4.69) is 55.0 Å². The first-order valence-corrected chi connectivity index (χ1v) is 10.7. The highest BCUT2D eigenvalue weighted by molar-refractivity contribution is 6.06. The molecule has 0 spiro atoms. The number of fused-ring (bicyclic) bond motifs is 1. The molecule has 166 valence electrons. The molecule has 6 nitrogen and oxygen atoms in total.